The maximum absolute atomic E-state index is 10.3. The van der Waals surface area contributed by atoms with E-state index < -0.39 is 0 Å². The summed E-state index contributed by atoms with van der Waals surface area (Å²) < 4.78 is 0. The van der Waals surface area contributed by atoms with E-state index in [0.717, 1.165) is 18.9 Å². The fourth-order valence-corrected chi connectivity index (χ4v) is 1.01. The fraction of sp³-hybridized carbons (Fsp3) is 0.889. The third kappa shape index (κ3) is 9.43. The van der Waals surface area contributed by atoms with Crippen LogP contribution in [0.5, 0.6) is 0 Å². The van der Waals surface area contributed by atoms with E-state index in [0.29, 0.717) is 6.54 Å². The van der Waals surface area contributed by atoms with E-state index in [-0.39, 0.29) is 5.91 Å². The van der Waals surface area contributed by atoms with Gasteiger partial charge >= 0.3 is 0 Å². The Bertz CT molecular complexity index is 124. The van der Waals surface area contributed by atoms with Crippen molar-refractivity contribution in [2.75, 3.05) is 13.1 Å². The van der Waals surface area contributed by atoms with Crippen molar-refractivity contribution in [2.24, 2.45) is 11.7 Å². The van der Waals surface area contributed by atoms with Gasteiger partial charge in [-0.05, 0) is 18.9 Å². The third-order valence-electron chi connectivity index (χ3n) is 1.68. The number of rotatable bonds is 7. The first-order valence-electron chi connectivity index (χ1n) is 4.62. The minimum atomic E-state index is -0.279. The van der Waals surface area contributed by atoms with Gasteiger partial charge < -0.3 is 11.1 Å². The van der Waals surface area contributed by atoms with E-state index in [2.05, 4.69) is 19.2 Å². The van der Waals surface area contributed by atoms with Crippen molar-refractivity contribution in [1.29, 1.82) is 0 Å². The molecule has 0 bridgehead atoms. The van der Waals surface area contributed by atoms with Gasteiger partial charge in [0.05, 0.1) is 6.54 Å². The highest BCUT2D eigenvalue weighted by molar-refractivity contribution is 5.75. The van der Waals surface area contributed by atoms with Crippen molar-refractivity contribution < 1.29 is 4.79 Å². The molecule has 3 heteroatoms. The zero-order chi connectivity index (χ0) is 9.40. The normalized spacial score (nSPS) is 10.6. The van der Waals surface area contributed by atoms with Crippen molar-refractivity contribution in [3.8, 4) is 0 Å². The Balaban J connectivity index is 2.96. The molecule has 0 heterocycles. The average Bonchev–Trinajstić information content (AvgIpc) is 1.95. The molecular weight excluding hydrogens is 152 g/mol. The smallest absolute Gasteiger partial charge is 0.231 e. The molecule has 0 aromatic carbocycles. The summed E-state index contributed by atoms with van der Waals surface area (Å²) >= 11 is 0. The predicted molar refractivity (Wildman–Crippen MR) is 50.8 cm³/mol. The SMILES string of the molecule is CC(C)CCCCNCC(N)=O. The van der Waals surface area contributed by atoms with E-state index in [1.165, 1.54) is 12.8 Å². The highest BCUT2D eigenvalue weighted by atomic mass is 16.1. The van der Waals surface area contributed by atoms with Crippen LogP contribution in [0.3, 0.4) is 0 Å². The number of hydrogen-bond donors (Lipinski definition) is 2. The molecule has 0 aromatic rings. The number of hydrogen-bond acceptors (Lipinski definition) is 2. The lowest BCUT2D eigenvalue weighted by atomic mass is 10.1. The van der Waals surface area contributed by atoms with Crippen molar-refractivity contribution in [1.82, 2.24) is 5.32 Å². The largest absolute Gasteiger partial charge is 0.369 e. The first-order valence-corrected chi connectivity index (χ1v) is 4.62. The van der Waals surface area contributed by atoms with E-state index in [9.17, 15) is 4.79 Å². The number of primary amides is 1. The van der Waals surface area contributed by atoms with Crippen LogP contribution in [0.2, 0.25) is 0 Å². The van der Waals surface area contributed by atoms with Gasteiger partial charge in [-0.25, -0.2) is 0 Å². The summed E-state index contributed by atoms with van der Waals surface area (Å²) in [7, 11) is 0. The van der Waals surface area contributed by atoms with E-state index in [4.69, 9.17) is 5.73 Å². The maximum Gasteiger partial charge on any atom is 0.231 e. The second kappa shape index (κ2) is 7.10. The lowest BCUT2D eigenvalue weighted by molar-refractivity contribution is -0.117. The number of unbranched alkanes of at least 4 members (excludes halogenated alkanes) is 1. The third-order valence-corrected chi connectivity index (χ3v) is 1.68. The van der Waals surface area contributed by atoms with Gasteiger partial charge in [0.2, 0.25) is 5.91 Å². The topological polar surface area (TPSA) is 55.1 Å². The minimum absolute atomic E-state index is 0.279. The summed E-state index contributed by atoms with van der Waals surface area (Å²) in [6.07, 6.45) is 3.62. The summed E-state index contributed by atoms with van der Waals surface area (Å²) in [6, 6.07) is 0. The van der Waals surface area contributed by atoms with Crippen molar-refractivity contribution in [2.45, 2.75) is 33.1 Å². The Morgan fingerprint density at radius 2 is 2.08 bits per heavy atom. The van der Waals surface area contributed by atoms with Crippen LogP contribution >= 0.6 is 0 Å². The molecule has 0 fully saturated rings. The van der Waals surface area contributed by atoms with Gasteiger partial charge in [0.25, 0.3) is 0 Å². The molecule has 3 nitrogen and oxygen atoms in total. The van der Waals surface area contributed by atoms with Crippen LogP contribution < -0.4 is 11.1 Å². The molecule has 0 aromatic heterocycles. The van der Waals surface area contributed by atoms with Gasteiger partial charge in [0.1, 0.15) is 0 Å². The molecule has 3 N–H and O–H groups in total. The Labute approximate surface area is 74.7 Å². The molecule has 0 atom stereocenters. The van der Waals surface area contributed by atoms with Gasteiger partial charge in [-0.1, -0.05) is 26.7 Å². The van der Waals surface area contributed by atoms with Crippen LogP contribution in [0.1, 0.15) is 33.1 Å². The molecule has 0 aliphatic heterocycles. The average molecular weight is 172 g/mol. The molecule has 0 rings (SSSR count). The predicted octanol–water partition coefficient (Wildman–Crippen LogP) is 0.888. The zero-order valence-corrected chi connectivity index (χ0v) is 8.10. The Hall–Kier alpha value is -0.570. The maximum atomic E-state index is 10.3. The van der Waals surface area contributed by atoms with Gasteiger partial charge in [-0.15, -0.1) is 0 Å². The van der Waals surface area contributed by atoms with Gasteiger partial charge in [0, 0.05) is 0 Å². The number of carbonyl (C=O) groups is 1. The number of carbonyl (C=O) groups excluding carboxylic acids is 1. The molecule has 72 valence electrons. The van der Waals surface area contributed by atoms with Crippen molar-refractivity contribution in [3.05, 3.63) is 0 Å². The monoisotopic (exact) mass is 172 g/mol. The molecular formula is C9H20N2O. The molecule has 0 saturated carbocycles. The number of nitrogens with two attached hydrogens (primary N) is 1. The second-order valence-corrected chi connectivity index (χ2v) is 3.53. The van der Waals surface area contributed by atoms with Crippen LogP contribution in [-0.4, -0.2) is 19.0 Å². The fourth-order valence-electron chi connectivity index (χ4n) is 1.01. The Kier molecular flexibility index (Phi) is 6.76. The highest BCUT2D eigenvalue weighted by Crippen LogP contribution is 2.04. The number of nitrogens with one attached hydrogen (secondary N) is 1. The second-order valence-electron chi connectivity index (χ2n) is 3.53. The molecule has 0 radical (unpaired) electrons. The summed E-state index contributed by atoms with van der Waals surface area (Å²) in [5.41, 5.74) is 4.95. The molecule has 1 amide bonds. The molecule has 12 heavy (non-hydrogen) atoms. The Morgan fingerprint density at radius 1 is 1.42 bits per heavy atom. The van der Waals surface area contributed by atoms with E-state index >= 15 is 0 Å². The highest BCUT2D eigenvalue weighted by Gasteiger charge is 1.95. The van der Waals surface area contributed by atoms with Gasteiger partial charge in [-0.2, -0.15) is 0 Å². The minimum Gasteiger partial charge on any atom is -0.369 e. The van der Waals surface area contributed by atoms with E-state index in [1.807, 2.05) is 0 Å². The van der Waals surface area contributed by atoms with Crippen LogP contribution in [0.15, 0.2) is 0 Å². The summed E-state index contributed by atoms with van der Waals surface area (Å²) in [5, 5.41) is 2.98. The lowest BCUT2D eigenvalue weighted by Crippen LogP contribution is -2.29. The first-order chi connectivity index (χ1) is 5.63. The van der Waals surface area contributed by atoms with Crippen LogP contribution in [-0.2, 0) is 4.79 Å². The van der Waals surface area contributed by atoms with Gasteiger partial charge in [-0.3, -0.25) is 4.79 Å². The summed E-state index contributed by atoms with van der Waals surface area (Å²) in [5.74, 6) is 0.500. The van der Waals surface area contributed by atoms with Gasteiger partial charge in [0.15, 0.2) is 0 Å². The Morgan fingerprint density at radius 3 is 2.58 bits per heavy atom. The number of amides is 1. The molecule has 0 aliphatic carbocycles. The lowest BCUT2D eigenvalue weighted by Gasteiger charge is -2.04. The molecule has 0 spiro atoms. The van der Waals surface area contributed by atoms with Crippen LogP contribution in [0.25, 0.3) is 0 Å². The van der Waals surface area contributed by atoms with Crippen molar-refractivity contribution >= 4 is 5.91 Å². The summed E-state index contributed by atoms with van der Waals surface area (Å²) in [4.78, 5) is 10.3. The molecule has 0 saturated heterocycles. The quantitative estimate of drug-likeness (QED) is 0.560. The standard InChI is InChI=1S/C9H20N2O/c1-8(2)5-3-4-6-11-7-9(10)12/h8,11H,3-7H2,1-2H3,(H2,10,12). The van der Waals surface area contributed by atoms with Crippen molar-refractivity contribution in [3.63, 3.8) is 0 Å². The summed E-state index contributed by atoms with van der Waals surface area (Å²) in [6.45, 7) is 5.64. The molecule has 0 unspecified atom stereocenters. The van der Waals surface area contributed by atoms with Crippen LogP contribution in [0, 0.1) is 5.92 Å². The van der Waals surface area contributed by atoms with Crippen LogP contribution in [0.4, 0.5) is 0 Å². The zero-order valence-electron chi connectivity index (χ0n) is 8.10. The van der Waals surface area contributed by atoms with E-state index in [1.54, 1.807) is 0 Å². The first kappa shape index (κ1) is 11.4. The molecule has 0 aliphatic rings.